The number of benzene rings is 1. The fourth-order valence-corrected chi connectivity index (χ4v) is 2.28. The molecule has 2 N–H and O–H groups in total. The highest BCUT2D eigenvalue weighted by Gasteiger charge is 2.29. The number of rotatable bonds is 1. The van der Waals surface area contributed by atoms with E-state index in [0.717, 1.165) is 17.5 Å². The minimum absolute atomic E-state index is 0.152. The van der Waals surface area contributed by atoms with Gasteiger partial charge in [-0.1, -0.05) is 12.1 Å². The number of phenols is 1. The van der Waals surface area contributed by atoms with E-state index in [0.29, 0.717) is 12.2 Å². The SMILES string of the molecule is CN(C)[C@H]1Cc2cccc(O)c2C[C@@H]1O. The second-order valence-corrected chi connectivity index (χ2v) is 4.42. The van der Waals surface area contributed by atoms with Crippen LogP contribution in [0.3, 0.4) is 0 Å². The molecule has 0 saturated carbocycles. The van der Waals surface area contributed by atoms with Crippen LogP contribution in [0.5, 0.6) is 5.75 Å². The van der Waals surface area contributed by atoms with Crippen molar-refractivity contribution in [1.82, 2.24) is 4.90 Å². The molecule has 0 aromatic heterocycles. The summed E-state index contributed by atoms with van der Waals surface area (Å²) in [5, 5.41) is 19.6. The Hall–Kier alpha value is -1.06. The lowest BCUT2D eigenvalue weighted by molar-refractivity contribution is 0.0684. The summed E-state index contributed by atoms with van der Waals surface area (Å²) in [7, 11) is 3.95. The summed E-state index contributed by atoms with van der Waals surface area (Å²) in [6, 6.07) is 5.72. The van der Waals surface area contributed by atoms with Gasteiger partial charge in [0.2, 0.25) is 0 Å². The number of phenolic OH excluding ortho intramolecular Hbond substituents is 1. The molecule has 0 aliphatic heterocycles. The third kappa shape index (κ3) is 1.85. The number of aliphatic hydroxyl groups excluding tert-OH is 1. The number of fused-ring (bicyclic) bond motifs is 1. The van der Waals surface area contributed by atoms with Crippen LogP contribution in [0.1, 0.15) is 11.1 Å². The van der Waals surface area contributed by atoms with Crippen molar-refractivity contribution >= 4 is 0 Å². The molecule has 0 heterocycles. The molecule has 82 valence electrons. The van der Waals surface area contributed by atoms with Crippen molar-refractivity contribution in [2.24, 2.45) is 0 Å². The van der Waals surface area contributed by atoms with Crippen molar-refractivity contribution in [2.75, 3.05) is 14.1 Å². The quantitative estimate of drug-likeness (QED) is 0.715. The summed E-state index contributed by atoms with van der Waals surface area (Å²) in [4.78, 5) is 2.04. The highest BCUT2D eigenvalue weighted by Crippen LogP contribution is 2.30. The molecular formula is C12H17NO2. The molecule has 0 spiro atoms. The Kier molecular flexibility index (Phi) is 2.67. The first-order valence-corrected chi connectivity index (χ1v) is 5.24. The predicted octanol–water partition coefficient (Wildman–Crippen LogP) is 0.782. The van der Waals surface area contributed by atoms with Crippen molar-refractivity contribution < 1.29 is 10.2 Å². The van der Waals surface area contributed by atoms with Gasteiger partial charge in [-0.25, -0.2) is 0 Å². The lowest BCUT2D eigenvalue weighted by Gasteiger charge is -2.34. The zero-order chi connectivity index (χ0) is 11.0. The molecule has 0 bridgehead atoms. The average molecular weight is 207 g/mol. The Bertz CT molecular complexity index is 363. The Morgan fingerprint density at radius 2 is 2.00 bits per heavy atom. The monoisotopic (exact) mass is 207 g/mol. The highest BCUT2D eigenvalue weighted by molar-refractivity contribution is 5.42. The van der Waals surface area contributed by atoms with Crippen LogP contribution in [0, 0.1) is 0 Å². The lowest BCUT2D eigenvalue weighted by atomic mass is 9.85. The van der Waals surface area contributed by atoms with Gasteiger partial charge in [0.25, 0.3) is 0 Å². The van der Waals surface area contributed by atoms with E-state index in [1.54, 1.807) is 6.07 Å². The van der Waals surface area contributed by atoms with Crippen molar-refractivity contribution in [2.45, 2.75) is 25.0 Å². The van der Waals surface area contributed by atoms with Crippen LogP contribution >= 0.6 is 0 Å². The van der Waals surface area contributed by atoms with Crippen molar-refractivity contribution in [3.63, 3.8) is 0 Å². The maximum Gasteiger partial charge on any atom is 0.119 e. The van der Waals surface area contributed by atoms with Gasteiger partial charge in [0.05, 0.1) is 6.10 Å². The van der Waals surface area contributed by atoms with Crippen LogP contribution in [0.25, 0.3) is 0 Å². The molecular weight excluding hydrogens is 190 g/mol. The van der Waals surface area contributed by atoms with E-state index < -0.39 is 0 Å². The average Bonchev–Trinajstić information content (AvgIpc) is 2.18. The maximum absolute atomic E-state index is 9.96. The first kappa shape index (κ1) is 10.5. The molecule has 0 unspecified atom stereocenters. The fourth-order valence-electron chi connectivity index (χ4n) is 2.28. The molecule has 1 aliphatic carbocycles. The first-order valence-electron chi connectivity index (χ1n) is 5.24. The topological polar surface area (TPSA) is 43.7 Å². The second-order valence-electron chi connectivity index (χ2n) is 4.42. The smallest absolute Gasteiger partial charge is 0.119 e. The fraction of sp³-hybridized carbons (Fsp3) is 0.500. The zero-order valence-corrected chi connectivity index (χ0v) is 9.14. The van der Waals surface area contributed by atoms with Gasteiger partial charge in [0.1, 0.15) is 5.75 Å². The summed E-state index contributed by atoms with van der Waals surface area (Å²) in [5.41, 5.74) is 2.06. The largest absolute Gasteiger partial charge is 0.508 e. The Morgan fingerprint density at radius 1 is 1.27 bits per heavy atom. The number of hydrogen-bond donors (Lipinski definition) is 2. The summed E-state index contributed by atoms with van der Waals surface area (Å²) in [5.74, 6) is 0.309. The van der Waals surface area contributed by atoms with E-state index in [1.807, 2.05) is 31.1 Å². The molecule has 3 nitrogen and oxygen atoms in total. The Balaban J connectivity index is 2.34. The van der Waals surface area contributed by atoms with Gasteiger partial charge >= 0.3 is 0 Å². The van der Waals surface area contributed by atoms with E-state index in [4.69, 9.17) is 0 Å². The van der Waals surface area contributed by atoms with E-state index >= 15 is 0 Å². The number of nitrogens with zero attached hydrogens (tertiary/aromatic N) is 1. The third-order valence-electron chi connectivity index (χ3n) is 3.20. The minimum Gasteiger partial charge on any atom is -0.508 e. The predicted molar refractivity (Wildman–Crippen MR) is 59.0 cm³/mol. The number of aliphatic hydroxyl groups is 1. The number of hydrogen-bond acceptors (Lipinski definition) is 3. The standard InChI is InChI=1S/C12H17NO2/c1-13(2)10-6-8-4-3-5-11(14)9(8)7-12(10)15/h3-5,10,12,14-15H,6-7H2,1-2H3/t10-,12-/m0/s1. The van der Waals surface area contributed by atoms with Crippen LogP contribution in [-0.2, 0) is 12.8 Å². The highest BCUT2D eigenvalue weighted by atomic mass is 16.3. The molecule has 1 aliphatic rings. The summed E-state index contributed by atoms with van der Waals surface area (Å²) in [6.07, 6.45) is 0.962. The van der Waals surface area contributed by atoms with Crippen LogP contribution in [0.4, 0.5) is 0 Å². The van der Waals surface area contributed by atoms with Crippen LogP contribution in [0.15, 0.2) is 18.2 Å². The molecule has 0 fully saturated rings. The molecule has 0 saturated heterocycles. The first-order chi connectivity index (χ1) is 7.09. The molecule has 1 aromatic rings. The van der Waals surface area contributed by atoms with Gasteiger partial charge in [0.15, 0.2) is 0 Å². The summed E-state index contributed by atoms with van der Waals surface area (Å²) in [6.45, 7) is 0. The van der Waals surface area contributed by atoms with E-state index in [-0.39, 0.29) is 12.1 Å². The second kappa shape index (κ2) is 3.83. The van der Waals surface area contributed by atoms with Gasteiger partial charge in [0, 0.05) is 12.5 Å². The summed E-state index contributed by atoms with van der Waals surface area (Å²) >= 11 is 0. The molecule has 3 heteroatoms. The van der Waals surface area contributed by atoms with Crippen molar-refractivity contribution in [1.29, 1.82) is 0 Å². The molecule has 0 radical (unpaired) electrons. The molecule has 2 atom stereocenters. The van der Waals surface area contributed by atoms with E-state index in [9.17, 15) is 10.2 Å². The Morgan fingerprint density at radius 3 is 2.67 bits per heavy atom. The van der Waals surface area contributed by atoms with Gasteiger partial charge in [-0.05, 0) is 37.7 Å². The number of likely N-dealkylation sites (N-methyl/N-ethyl adjacent to an activating group) is 1. The molecule has 1 aromatic carbocycles. The van der Waals surface area contributed by atoms with Crippen LogP contribution < -0.4 is 0 Å². The maximum atomic E-state index is 9.96. The lowest BCUT2D eigenvalue weighted by Crippen LogP contribution is -2.44. The molecule has 0 amide bonds. The Labute approximate surface area is 90.0 Å². The summed E-state index contributed by atoms with van der Waals surface area (Å²) < 4.78 is 0. The van der Waals surface area contributed by atoms with E-state index in [1.165, 1.54) is 0 Å². The molecule has 2 rings (SSSR count). The normalized spacial score (nSPS) is 25.3. The van der Waals surface area contributed by atoms with E-state index in [2.05, 4.69) is 0 Å². The van der Waals surface area contributed by atoms with Crippen molar-refractivity contribution in [3.05, 3.63) is 29.3 Å². The third-order valence-corrected chi connectivity index (χ3v) is 3.20. The zero-order valence-electron chi connectivity index (χ0n) is 9.14. The van der Waals surface area contributed by atoms with Crippen LogP contribution in [-0.4, -0.2) is 41.4 Å². The van der Waals surface area contributed by atoms with Gasteiger partial charge < -0.3 is 15.1 Å². The van der Waals surface area contributed by atoms with Gasteiger partial charge in [-0.3, -0.25) is 0 Å². The van der Waals surface area contributed by atoms with Gasteiger partial charge in [-0.15, -0.1) is 0 Å². The van der Waals surface area contributed by atoms with Crippen molar-refractivity contribution in [3.8, 4) is 5.75 Å². The van der Waals surface area contributed by atoms with Gasteiger partial charge in [-0.2, -0.15) is 0 Å². The van der Waals surface area contributed by atoms with Crippen LogP contribution in [0.2, 0.25) is 0 Å². The number of aromatic hydroxyl groups is 1. The minimum atomic E-state index is -0.388. The molecule has 15 heavy (non-hydrogen) atoms.